The highest BCUT2D eigenvalue weighted by molar-refractivity contribution is 5.79. The van der Waals surface area contributed by atoms with E-state index in [2.05, 4.69) is 36.5 Å². The molecule has 0 aromatic rings. The summed E-state index contributed by atoms with van der Waals surface area (Å²) in [6, 6.07) is 0. The monoisotopic (exact) mass is 226 g/mol. The van der Waals surface area contributed by atoms with E-state index in [4.69, 9.17) is 5.84 Å². The fraction of sp³-hybridized carbons (Fsp3) is 0.917. The predicted molar refractivity (Wildman–Crippen MR) is 69.0 cm³/mol. The van der Waals surface area contributed by atoms with Crippen molar-refractivity contribution in [3.63, 3.8) is 0 Å². The molecule has 94 valence electrons. The van der Waals surface area contributed by atoms with Crippen LogP contribution in [0.2, 0.25) is 0 Å². The second-order valence-corrected chi connectivity index (χ2v) is 5.60. The smallest absolute Gasteiger partial charge is 0.205 e. The molecule has 0 aromatic carbocycles. The van der Waals surface area contributed by atoms with Gasteiger partial charge in [0.1, 0.15) is 0 Å². The van der Waals surface area contributed by atoms with Gasteiger partial charge in [0.15, 0.2) is 0 Å². The molecule has 0 spiro atoms. The molecule has 0 heterocycles. The summed E-state index contributed by atoms with van der Waals surface area (Å²) in [5, 5.41) is 3.22. The molecule has 1 fully saturated rings. The van der Waals surface area contributed by atoms with Crippen molar-refractivity contribution in [1.29, 1.82) is 0 Å². The third-order valence-corrected chi connectivity index (χ3v) is 3.24. The molecule has 4 nitrogen and oxygen atoms in total. The molecule has 0 bridgehead atoms. The second-order valence-electron chi connectivity index (χ2n) is 5.60. The Balaban J connectivity index is 2.39. The summed E-state index contributed by atoms with van der Waals surface area (Å²) in [5.41, 5.74) is 3.03. The maximum atomic E-state index is 5.44. The molecule has 4 heteroatoms. The Hall–Kier alpha value is -0.770. The van der Waals surface area contributed by atoms with E-state index in [1.165, 1.54) is 25.7 Å². The van der Waals surface area contributed by atoms with Crippen LogP contribution in [0.5, 0.6) is 0 Å². The Kier molecular flexibility index (Phi) is 5.06. The van der Waals surface area contributed by atoms with Gasteiger partial charge in [-0.1, -0.05) is 33.6 Å². The second kappa shape index (κ2) is 6.09. The summed E-state index contributed by atoms with van der Waals surface area (Å²) in [4.78, 5) is 4.54. The van der Waals surface area contributed by atoms with Crippen LogP contribution in [-0.2, 0) is 0 Å². The van der Waals surface area contributed by atoms with Crippen LogP contribution in [0.1, 0.15) is 46.5 Å². The van der Waals surface area contributed by atoms with Crippen LogP contribution in [-0.4, -0.2) is 19.0 Å². The number of rotatable bonds is 4. The van der Waals surface area contributed by atoms with Gasteiger partial charge < -0.3 is 5.32 Å². The Morgan fingerprint density at radius 2 is 2.00 bits per heavy atom. The number of hydrogen-bond donors (Lipinski definition) is 3. The number of aliphatic imine (C=N–C) groups is 1. The first-order valence-corrected chi connectivity index (χ1v) is 6.31. The molecule has 1 saturated carbocycles. The van der Waals surface area contributed by atoms with Gasteiger partial charge in [0.25, 0.3) is 0 Å². The van der Waals surface area contributed by atoms with Gasteiger partial charge in [-0.25, -0.2) is 5.84 Å². The van der Waals surface area contributed by atoms with Crippen molar-refractivity contribution in [2.75, 3.05) is 13.1 Å². The molecule has 4 N–H and O–H groups in total. The minimum absolute atomic E-state index is 0.390. The minimum atomic E-state index is 0.390. The SMILES string of the molecule is CC(C)CNC(=NCC1(C)CCCC1)NN. The van der Waals surface area contributed by atoms with E-state index in [-0.39, 0.29) is 0 Å². The summed E-state index contributed by atoms with van der Waals surface area (Å²) < 4.78 is 0. The van der Waals surface area contributed by atoms with Crippen LogP contribution in [0.25, 0.3) is 0 Å². The number of nitrogens with one attached hydrogen (secondary N) is 2. The van der Waals surface area contributed by atoms with Gasteiger partial charge in [0.2, 0.25) is 5.96 Å². The zero-order chi connectivity index (χ0) is 12.0. The van der Waals surface area contributed by atoms with Gasteiger partial charge >= 0.3 is 0 Å². The van der Waals surface area contributed by atoms with Crippen LogP contribution in [0.3, 0.4) is 0 Å². The standard InChI is InChI=1S/C12H26N4/c1-10(2)8-14-11(16-13)15-9-12(3)6-4-5-7-12/h10H,4-9,13H2,1-3H3,(H2,14,15,16). The molecule has 1 aliphatic rings. The first-order valence-electron chi connectivity index (χ1n) is 6.31. The highest BCUT2D eigenvalue weighted by atomic mass is 15.3. The van der Waals surface area contributed by atoms with Crippen molar-refractivity contribution >= 4 is 5.96 Å². The molecule has 0 unspecified atom stereocenters. The summed E-state index contributed by atoms with van der Waals surface area (Å²) in [7, 11) is 0. The largest absolute Gasteiger partial charge is 0.355 e. The molecule has 1 rings (SSSR count). The average molecular weight is 226 g/mol. The molecule has 0 radical (unpaired) electrons. The molecule has 0 atom stereocenters. The number of hydrogen-bond acceptors (Lipinski definition) is 2. The zero-order valence-electron chi connectivity index (χ0n) is 10.8. The molecule has 0 saturated heterocycles. The van der Waals surface area contributed by atoms with E-state index in [0.29, 0.717) is 11.3 Å². The Morgan fingerprint density at radius 1 is 1.38 bits per heavy atom. The molecular weight excluding hydrogens is 200 g/mol. The van der Waals surface area contributed by atoms with E-state index in [9.17, 15) is 0 Å². The maximum Gasteiger partial charge on any atom is 0.205 e. The van der Waals surface area contributed by atoms with Gasteiger partial charge in [-0.3, -0.25) is 10.4 Å². The third-order valence-electron chi connectivity index (χ3n) is 3.24. The molecule has 16 heavy (non-hydrogen) atoms. The minimum Gasteiger partial charge on any atom is -0.355 e. The van der Waals surface area contributed by atoms with Crippen molar-refractivity contribution in [2.24, 2.45) is 22.2 Å². The summed E-state index contributed by atoms with van der Waals surface area (Å²) in [6.07, 6.45) is 5.27. The van der Waals surface area contributed by atoms with Gasteiger partial charge in [-0.05, 0) is 24.2 Å². The van der Waals surface area contributed by atoms with Crippen LogP contribution in [0.15, 0.2) is 4.99 Å². The lowest BCUT2D eigenvalue weighted by molar-refractivity contribution is 0.350. The van der Waals surface area contributed by atoms with E-state index in [1.807, 2.05) is 0 Å². The molecule has 0 amide bonds. The van der Waals surface area contributed by atoms with E-state index in [1.54, 1.807) is 0 Å². The third kappa shape index (κ3) is 4.39. The summed E-state index contributed by atoms with van der Waals surface area (Å²) >= 11 is 0. The fourth-order valence-electron chi connectivity index (χ4n) is 2.11. The van der Waals surface area contributed by atoms with E-state index >= 15 is 0 Å². The van der Waals surface area contributed by atoms with E-state index < -0.39 is 0 Å². The molecule has 1 aliphatic carbocycles. The average Bonchev–Trinajstić information content (AvgIpc) is 2.65. The highest BCUT2D eigenvalue weighted by Crippen LogP contribution is 2.37. The van der Waals surface area contributed by atoms with Gasteiger partial charge in [-0.15, -0.1) is 0 Å². The van der Waals surface area contributed by atoms with Crippen LogP contribution in [0.4, 0.5) is 0 Å². The summed E-state index contributed by atoms with van der Waals surface area (Å²) in [6.45, 7) is 8.43. The van der Waals surface area contributed by atoms with Crippen LogP contribution >= 0.6 is 0 Å². The Bertz CT molecular complexity index is 229. The van der Waals surface area contributed by atoms with Crippen LogP contribution < -0.4 is 16.6 Å². The predicted octanol–water partition coefficient (Wildman–Crippen LogP) is 1.63. The molecular formula is C12H26N4. The quantitative estimate of drug-likeness (QED) is 0.295. The van der Waals surface area contributed by atoms with Gasteiger partial charge in [0.05, 0.1) is 0 Å². The van der Waals surface area contributed by atoms with Crippen molar-refractivity contribution < 1.29 is 0 Å². The van der Waals surface area contributed by atoms with Crippen molar-refractivity contribution in [1.82, 2.24) is 10.7 Å². The fourth-order valence-corrected chi connectivity index (χ4v) is 2.11. The topological polar surface area (TPSA) is 62.4 Å². The first-order chi connectivity index (χ1) is 7.56. The van der Waals surface area contributed by atoms with Gasteiger partial charge in [-0.2, -0.15) is 0 Å². The Labute approximate surface area is 99.1 Å². The number of nitrogens with zero attached hydrogens (tertiary/aromatic N) is 1. The van der Waals surface area contributed by atoms with Crippen molar-refractivity contribution in [3.05, 3.63) is 0 Å². The van der Waals surface area contributed by atoms with Gasteiger partial charge in [0, 0.05) is 13.1 Å². The maximum absolute atomic E-state index is 5.44. The normalized spacial score (nSPS) is 20.2. The number of hydrazine groups is 1. The highest BCUT2D eigenvalue weighted by Gasteiger charge is 2.28. The lowest BCUT2D eigenvalue weighted by Crippen LogP contribution is -2.43. The first kappa shape index (κ1) is 13.3. The molecule has 0 aromatic heterocycles. The number of nitrogens with two attached hydrogens (primary N) is 1. The Morgan fingerprint density at radius 3 is 2.50 bits per heavy atom. The van der Waals surface area contributed by atoms with E-state index in [0.717, 1.165) is 19.0 Å². The number of guanidine groups is 1. The lowest BCUT2D eigenvalue weighted by Gasteiger charge is -2.21. The molecule has 0 aliphatic heterocycles. The lowest BCUT2D eigenvalue weighted by atomic mass is 9.89. The zero-order valence-corrected chi connectivity index (χ0v) is 10.8. The van der Waals surface area contributed by atoms with Crippen molar-refractivity contribution in [3.8, 4) is 0 Å². The van der Waals surface area contributed by atoms with Crippen LogP contribution in [0, 0.1) is 11.3 Å². The summed E-state index contributed by atoms with van der Waals surface area (Å²) in [5.74, 6) is 6.77. The van der Waals surface area contributed by atoms with Crippen molar-refractivity contribution in [2.45, 2.75) is 46.5 Å².